The van der Waals surface area contributed by atoms with E-state index >= 15 is 0 Å². The maximum absolute atomic E-state index is 13.7. The largest absolute Gasteiger partial charge is 0.383 e. The molecule has 1 fully saturated rings. The molecule has 0 saturated carbocycles. The molecule has 0 spiro atoms. The number of hydrogen-bond acceptors (Lipinski definition) is 7. The highest BCUT2D eigenvalue weighted by molar-refractivity contribution is 6.25. The minimum absolute atomic E-state index is 0.0598. The number of nitrogen functional groups attached to an aromatic ring is 1. The second-order valence-electron chi connectivity index (χ2n) is 9.95. The van der Waals surface area contributed by atoms with E-state index in [-0.39, 0.29) is 11.7 Å². The predicted molar refractivity (Wildman–Crippen MR) is 151 cm³/mol. The van der Waals surface area contributed by atoms with Crippen molar-refractivity contribution in [3.05, 3.63) is 83.4 Å². The monoisotopic (exact) mass is 505 g/mol. The van der Waals surface area contributed by atoms with Crippen molar-refractivity contribution < 1.29 is 9.53 Å². The SMILES string of the molecule is COCCN1CCN(c2ccc(-c3cccc4c3-c3nc(N)nc(-c5ccc(C)cc5)c3C4=O)cc2)CC1. The summed E-state index contributed by atoms with van der Waals surface area (Å²) in [5.41, 5.74) is 14.6. The summed E-state index contributed by atoms with van der Waals surface area (Å²) in [6, 6.07) is 22.4. The van der Waals surface area contributed by atoms with Gasteiger partial charge in [0, 0.05) is 62.2 Å². The van der Waals surface area contributed by atoms with Crippen LogP contribution in [0.5, 0.6) is 0 Å². The zero-order valence-corrected chi connectivity index (χ0v) is 21.8. The van der Waals surface area contributed by atoms with Crippen LogP contribution in [0.15, 0.2) is 66.7 Å². The van der Waals surface area contributed by atoms with Crippen LogP contribution in [0, 0.1) is 6.92 Å². The van der Waals surface area contributed by atoms with Gasteiger partial charge in [0.05, 0.1) is 23.6 Å². The van der Waals surface area contributed by atoms with Crippen molar-refractivity contribution in [1.82, 2.24) is 14.9 Å². The number of fused-ring (bicyclic) bond motifs is 3. The Kier molecular flexibility index (Phi) is 6.39. The molecule has 0 unspecified atom stereocenters. The average molecular weight is 506 g/mol. The van der Waals surface area contributed by atoms with Crippen molar-refractivity contribution in [1.29, 1.82) is 0 Å². The van der Waals surface area contributed by atoms with Crippen LogP contribution >= 0.6 is 0 Å². The standard InChI is InChI=1S/C31H31N5O2/c1-20-6-8-22(9-7-20)28-27-29(34-31(32)33-28)26-24(4-3-5-25(26)30(27)37)21-10-12-23(13-11-21)36-16-14-35(15-17-36)18-19-38-2/h3-13H,14-19H2,1-2H3,(H2,32,33,34). The summed E-state index contributed by atoms with van der Waals surface area (Å²) in [4.78, 5) is 27.6. The van der Waals surface area contributed by atoms with Gasteiger partial charge in [0.15, 0.2) is 5.78 Å². The average Bonchev–Trinajstić information content (AvgIpc) is 3.24. The van der Waals surface area contributed by atoms with Gasteiger partial charge in [0.1, 0.15) is 0 Å². The van der Waals surface area contributed by atoms with E-state index in [0.717, 1.165) is 67.1 Å². The molecule has 4 aromatic rings. The van der Waals surface area contributed by atoms with E-state index in [2.05, 4.69) is 50.1 Å². The van der Waals surface area contributed by atoms with Crippen LogP contribution in [-0.4, -0.2) is 67.1 Å². The molecular weight excluding hydrogens is 474 g/mol. The number of aromatic nitrogens is 2. The highest BCUT2D eigenvalue weighted by Crippen LogP contribution is 2.45. The first-order chi connectivity index (χ1) is 18.5. The lowest BCUT2D eigenvalue weighted by atomic mass is 9.96. The van der Waals surface area contributed by atoms with Crippen LogP contribution in [0.25, 0.3) is 33.6 Å². The Morgan fingerprint density at radius 3 is 2.18 bits per heavy atom. The van der Waals surface area contributed by atoms with Gasteiger partial charge in [-0.2, -0.15) is 0 Å². The van der Waals surface area contributed by atoms with Crippen LogP contribution < -0.4 is 10.6 Å². The third-order valence-corrected chi connectivity index (χ3v) is 7.55. The fourth-order valence-corrected chi connectivity index (χ4v) is 5.47. The third-order valence-electron chi connectivity index (χ3n) is 7.55. The minimum Gasteiger partial charge on any atom is -0.383 e. The van der Waals surface area contributed by atoms with Gasteiger partial charge < -0.3 is 15.4 Å². The molecule has 1 aliphatic carbocycles. The molecule has 0 amide bonds. The number of benzene rings is 3. The van der Waals surface area contributed by atoms with E-state index < -0.39 is 0 Å². The lowest BCUT2D eigenvalue weighted by molar-refractivity contribution is 0.104. The predicted octanol–water partition coefficient (Wildman–Crippen LogP) is 4.68. The second-order valence-corrected chi connectivity index (χ2v) is 9.95. The smallest absolute Gasteiger partial charge is 0.221 e. The van der Waals surface area contributed by atoms with Crippen molar-refractivity contribution >= 4 is 17.4 Å². The lowest BCUT2D eigenvalue weighted by Crippen LogP contribution is -2.47. The number of nitrogens with two attached hydrogens (primary N) is 1. The molecule has 6 rings (SSSR count). The van der Waals surface area contributed by atoms with Gasteiger partial charge in [-0.25, -0.2) is 9.97 Å². The number of piperazine rings is 1. The van der Waals surface area contributed by atoms with Gasteiger partial charge in [-0.05, 0) is 30.2 Å². The summed E-state index contributed by atoms with van der Waals surface area (Å²) < 4.78 is 5.22. The molecule has 2 aliphatic rings. The minimum atomic E-state index is -0.0598. The summed E-state index contributed by atoms with van der Waals surface area (Å²) in [6.45, 7) is 7.81. The Bertz CT molecular complexity index is 1490. The molecule has 3 aromatic carbocycles. The van der Waals surface area contributed by atoms with Crippen LogP contribution in [0.4, 0.5) is 11.6 Å². The second kappa shape index (κ2) is 10.0. The number of anilines is 2. The number of rotatable bonds is 6. The maximum Gasteiger partial charge on any atom is 0.221 e. The fourth-order valence-electron chi connectivity index (χ4n) is 5.47. The number of nitrogens with zero attached hydrogens (tertiary/aromatic N) is 4. The summed E-state index contributed by atoms with van der Waals surface area (Å²) in [5, 5.41) is 0. The van der Waals surface area contributed by atoms with Crippen molar-refractivity contribution in [3.8, 4) is 33.6 Å². The van der Waals surface area contributed by atoms with Crippen LogP contribution in [0.1, 0.15) is 21.5 Å². The van der Waals surface area contributed by atoms with Crippen LogP contribution in [-0.2, 0) is 4.74 Å². The van der Waals surface area contributed by atoms with Gasteiger partial charge in [-0.1, -0.05) is 60.2 Å². The molecular formula is C31H31N5O2. The summed E-state index contributed by atoms with van der Waals surface area (Å²) in [7, 11) is 1.75. The Morgan fingerprint density at radius 1 is 0.816 bits per heavy atom. The zero-order chi connectivity index (χ0) is 26.2. The molecule has 1 aromatic heterocycles. The van der Waals surface area contributed by atoms with E-state index in [1.807, 2.05) is 43.3 Å². The lowest BCUT2D eigenvalue weighted by Gasteiger charge is -2.36. The maximum atomic E-state index is 13.7. The van der Waals surface area contributed by atoms with E-state index in [0.29, 0.717) is 22.5 Å². The highest BCUT2D eigenvalue weighted by atomic mass is 16.5. The molecule has 1 saturated heterocycles. The number of hydrogen-bond donors (Lipinski definition) is 1. The molecule has 0 radical (unpaired) electrons. The summed E-state index contributed by atoms with van der Waals surface area (Å²) >= 11 is 0. The fraction of sp³-hybridized carbons (Fsp3) is 0.258. The Balaban J connectivity index is 1.34. The molecule has 0 bridgehead atoms. The van der Waals surface area contributed by atoms with E-state index in [1.54, 1.807) is 7.11 Å². The highest BCUT2D eigenvalue weighted by Gasteiger charge is 2.34. The zero-order valence-electron chi connectivity index (χ0n) is 21.8. The number of carbonyl (C=O) groups is 1. The summed E-state index contributed by atoms with van der Waals surface area (Å²) in [5.74, 6) is 0.102. The van der Waals surface area contributed by atoms with E-state index in [4.69, 9.17) is 10.5 Å². The number of ketones is 1. The van der Waals surface area contributed by atoms with Gasteiger partial charge in [-0.3, -0.25) is 9.69 Å². The molecule has 38 heavy (non-hydrogen) atoms. The molecule has 0 atom stereocenters. The topological polar surface area (TPSA) is 84.6 Å². The number of carbonyl (C=O) groups excluding carboxylic acids is 1. The first-order valence-corrected chi connectivity index (χ1v) is 13.0. The van der Waals surface area contributed by atoms with Crippen molar-refractivity contribution in [2.45, 2.75) is 6.92 Å². The normalized spacial score (nSPS) is 15.0. The molecule has 2 heterocycles. The van der Waals surface area contributed by atoms with Crippen molar-refractivity contribution in [2.24, 2.45) is 0 Å². The number of methoxy groups -OCH3 is 1. The van der Waals surface area contributed by atoms with Gasteiger partial charge in [0.25, 0.3) is 0 Å². The van der Waals surface area contributed by atoms with Gasteiger partial charge in [-0.15, -0.1) is 0 Å². The number of ether oxygens (including phenoxy) is 1. The quantitative estimate of drug-likeness (QED) is 0.359. The Hall–Kier alpha value is -4.07. The molecule has 2 N–H and O–H groups in total. The van der Waals surface area contributed by atoms with E-state index in [1.165, 1.54) is 5.69 Å². The van der Waals surface area contributed by atoms with Crippen LogP contribution in [0.2, 0.25) is 0 Å². The molecule has 7 nitrogen and oxygen atoms in total. The first kappa shape index (κ1) is 24.3. The third kappa shape index (κ3) is 4.34. The summed E-state index contributed by atoms with van der Waals surface area (Å²) in [6.07, 6.45) is 0. The first-order valence-electron chi connectivity index (χ1n) is 13.0. The van der Waals surface area contributed by atoms with E-state index in [9.17, 15) is 4.79 Å². The van der Waals surface area contributed by atoms with Crippen LogP contribution in [0.3, 0.4) is 0 Å². The number of aryl methyl sites for hydroxylation is 1. The van der Waals surface area contributed by atoms with Crippen molar-refractivity contribution in [3.63, 3.8) is 0 Å². The molecule has 1 aliphatic heterocycles. The Morgan fingerprint density at radius 2 is 1.47 bits per heavy atom. The van der Waals surface area contributed by atoms with Crippen molar-refractivity contribution in [2.75, 3.05) is 57.1 Å². The molecule has 7 heteroatoms. The van der Waals surface area contributed by atoms with Gasteiger partial charge in [0.2, 0.25) is 5.95 Å². The Labute approximate surface area is 222 Å². The van der Waals surface area contributed by atoms with Gasteiger partial charge >= 0.3 is 0 Å². The molecule has 192 valence electrons.